The van der Waals surface area contributed by atoms with Crippen LogP contribution in [0.4, 0.5) is 5.69 Å². The summed E-state index contributed by atoms with van der Waals surface area (Å²) < 4.78 is 11.3. The summed E-state index contributed by atoms with van der Waals surface area (Å²) in [5.41, 5.74) is 2.35. The smallest absolute Gasteiger partial charge is 0.314 e. The van der Waals surface area contributed by atoms with Crippen molar-refractivity contribution in [2.75, 3.05) is 11.5 Å². The molecule has 0 radical (unpaired) electrons. The highest BCUT2D eigenvalue weighted by Gasteiger charge is 2.54. The van der Waals surface area contributed by atoms with Crippen LogP contribution < -0.4 is 9.64 Å². The molecule has 0 amide bonds. The van der Waals surface area contributed by atoms with E-state index in [1.54, 1.807) is 0 Å². The Hall–Kier alpha value is -3.26. The molecule has 5 rings (SSSR count). The Morgan fingerprint density at radius 1 is 1.08 bits per heavy atom. The summed E-state index contributed by atoms with van der Waals surface area (Å²) >= 11 is 0. The number of anilines is 1. The van der Waals surface area contributed by atoms with Crippen LogP contribution in [0.3, 0.4) is 0 Å². The third kappa shape index (κ3) is 1.85. The van der Waals surface area contributed by atoms with Crippen LogP contribution in [0.25, 0.3) is 0 Å². The number of fused-ring (bicyclic) bond motifs is 4. The lowest BCUT2D eigenvalue weighted by atomic mass is 9.77. The summed E-state index contributed by atoms with van der Waals surface area (Å²) in [5.74, 6) is 0.130. The molecule has 1 saturated heterocycles. The largest absolute Gasteiger partial charge is 0.465 e. The molecule has 122 valence electrons. The minimum atomic E-state index is -0.573. The van der Waals surface area contributed by atoms with E-state index in [1.165, 1.54) is 0 Å². The van der Waals surface area contributed by atoms with Crippen molar-refractivity contribution in [3.05, 3.63) is 71.6 Å². The van der Waals surface area contributed by atoms with E-state index in [0.717, 1.165) is 11.3 Å². The highest BCUT2D eigenvalue weighted by atomic mass is 16.5. The molecule has 25 heavy (non-hydrogen) atoms. The Kier molecular flexibility index (Phi) is 2.89. The van der Waals surface area contributed by atoms with Gasteiger partial charge in [-0.1, -0.05) is 42.5 Å². The average Bonchev–Trinajstić information content (AvgIpc) is 3.22. The van der Waals surface area contributed by atoms with Gasteiger partial charge in [0.1, 0.15) is 17.6 Å². The van der Waals surface area contributed by atoms with Gasteiger partial charge in [-0.3, -0.25) is 4.79 Å². The van der Waals surface area contributed by atoms with E-state index in [0.29, 0.717) is 23.8 Å². The number of rotatable bonds is 1. The molecule has 0 saturated carbocycles. The molecule has 3 atom stereocenters. The molecular weight excluding hydrogens is 316 g/mol. The number of carbonyl (C=O) groups is 1. The molecule has 3 aliphatic rings. The second-order valence-corrected chi connectivity index (χ2v) is 6.40. The van der Waals surface area contributed by atoms with Crippen molar-refractivity contribution < 1.29 is 14.3 Å². The van der Waals surface area contributed by atoms with Gasteiger partial charge in [-0.05, 0) is 17.7 Å². The topological polar surface area (TPSA) is 62.6 Å². The first-order valence-corrected chi connectivity index (χ1v) is 8.21. The number of cyclic esters (lactones) is 1. The van der Waals surface area contributed by atoms with Gasteiger partial charge in [-0.2, -0.15) is 5.26 Å². The van der Waals surface area contributed by atoms with Gasteiger partial charge in [0.2, 0.25) is 5.88 Å². The SMILES string of the molecule is N#CC1=C2Oc3ccccc3N2[C@H](c2ccccc2)[C@H]2COC(=O)[C@@H]12. The van der Waals surface area contributed by atoms with Crippen LogP contribution in [0.15, 0.2) is 66.1 Å². The zero-order valence-corrected chi connectivity index (χ0v) is 13.3. The molecule has 2 aromatic carbocycles. The average molecular weight is 330 g/mol. The predicted octanol–water partition coefficient (Wildman–Crippen LogP) is 3.16. The molecular formula is C20H14N2O3. The van der Waals surface area contributed by atoms with Gasteiger partial charge in [-0.25, -0.2) is 0 Å². The number of carbonyl (C=O) groups excluding carboxylic acids is 1. The first-order chi connectivity index (χ1) is 12.3. The van der Waals surface area contributed by atoms with E-state index in [9.17, 15) is 10.1 Å². The van der Waals surface area contributed by atoms with Gasteiger partial charge in [-0.15, -0.1) is 0 Å². The Morgan fingerprint density at radius 3 is 2.64 bits per heavy atom. The van der Waals surface area contributed by atoms with Crippen LogP contribution in [-0.2, 0) is 9.53 Å². The van der Waals surface area contributed by atoms with E-state index in [2.05, 4.69) is 6.07 Å². The van der Waals surface area contributed by atoms with Crippen LogP contribution in [0.5, 0.6) is 5.75 Å². The van der Waals surface area contributed by atoms with Crippen molar-refractivity contribution in [2.45, 2.75) is 6.04 Å². The number of benzene rings is 2. The number of nitrogens with zero attached hydrogens (tertiary/aromatic N) is 2. The highest BCUT2D eigenvalue weighted by Crippen LogP contribution is 2.54. The molecule has 5 heteroatoms. The maximum absolute atomic E-state index is 12.3. The number of para-hydroxylation sites is 2. The standard InChI is InChI=1S/C20H14N2O3/c21-10-13-17-14(11-24-20(17)23)18(12-6-2-1-3-7-12)22-15-8-4-5-9-16(15)25-19(13)22/h1-9,14,17-18H,11H2/t14-,17-,18+/m0/s1. The second kappa shape index (κ2) is 5.12. The Balaban J connectivity index is 1.77. The first-order valence-electron chi connectivity index (χ1n) is 8.21. The quantitative estimate of drug-likeness (QED) is 0.752. The summed E-state index contributed by atoms with van der Waals surface area (Å²) in [4.78, 5) is 14.4. The lowest BCUT2D eigenvalue weighted by Crippen LogP contribution is -2.42. The predicted molar refractivity (Wildman–Crippen MR) is 89.3 cm³/mol. The molecule has 2 aromatic rings. The molecule has 5 nitrogen and oxygen atoms in total. The van der Waals surface area contributed by atoms with Gasteiger partial charge in [0.25, 0.3) is 0 Å². The number of hydrogen-bond acceptors (Lipinski definition) is 5. The third-order valence-electron chi connectivity index (χ3n) is 5.14. The summed E-state index contributed by atoms with van der Waals surface area (Å²) in [7, 11) is 0. The van der Waals surface area contributed by atoms with E-state index >= 15 is 0 Å². The number of hydrogen-bond donors (Lipinski definition) is 0. The van der Waals surface area contributed by atoms with Crippen molar-refractivity contribution in [2.24, 2.45) is 11.8 Å². The summed E-state index contributed by atoms with van der Waals surface area (Å²) in [6, 6.07) is 19.8. The second-order valence-electron chi connectivity index (χ2n) is 6.40. The van der Waals surface area contributed by atoms with E-state index in [4.69, 9.17) is 9.47 Å². The van der Waals surface area contributed by atoms with Gasteiger partial charge >= 0.3 is 5.97 Å². The summed E-state index contributed by atoms with van der Waals surface area (Å²) in [5, 5.41) is 9.72. The zero-order chi connectivity index (χ0) is 17.0. The molecule has 0 aromatic heterocycles. The molecule has 0 N–H and O–H groups in total. The Bertz CT molecular complexity index is 945. The minimum Gasteiger partial charge on any atom is -0.465 e. The van der Waals surface area contributed by atoms with Gasteiger partial charge in [0.15, 0.2) is 5.75 Å². The van der Waals surface area contributed by atoms with Gasteiger partial charge in [0, 0.05) is 5.92 Å². The monoisotopic (exact) mass is 330 g/mol. The molecule has 0 spiro atoms. The minimum absolute atomic E-state index is 0.117. The molecule has 1 fully saturated rings. The molecule has 0 bridgehead atoms. The normalized spacial score (nSPS) is 26.3. The van der Waals surface area contributed by atoms with Crippen molar-refractivity contribution in [3.8, 4) is 11.8 Å². The van der Waals surface area contributed by atoms with Gasteiger partial charge in [0.05, 0.1) is 18.3 Å². The third-order valence-corrected chi connectivity index (χ3v) is 5.14. The Morgan fingerprint density at radius 2 is 1.84 bits per heavy atom. The molecule has 0 unspecified atom stereocenters. The first kappa shape index (κ1) is 14.1. The van der Waals surface area contributed by atoms with Crippen molar-refractivity contribution in [3.63, 3.8) is 0 Å². The van der Waals surface area contributed by atoms with Gasteiger partial charge < -0.3 is 14.4 Å². The number of ether oxygens (including phenoxy) is 2. The lowest BCUT2D eigenvalue weighted by molar-refractivity contribution is -0.140. The molecule has 3 heterocycles. The highest BCUT2D eigenvalue weighted by molar-refractivity contribution is 5.83. The number of esters is 1. The number of nitriles is 1. The van der Waals surface area contributed by atoms with Crippen LogP contribution in [-0.4, -0.2) is 12.6 Å². The molecule has 0 aliphatic carbocycles. The Labute approximate surface area is 144 Å². The van der Waals surface area contributed by atoms with Crippen molar-refractivity contribution in [1.29, 1.82) is 5.26 Å². The van der Waals surface area contributed by atoms with E-state index in [-0.39, 0.29) is 17.9 Å². The maximum Gasteiger partial charge on any atom is 0.314 e. The van der Waals surface area contributed by atoms with Crippen LogP contribution in [0.1, 0.15) is 11.6 Å². The van der Waals surface area contributed by atoms with Crippen LogP contribution in [0, 0.1) is 23.2 Å². The van der Waals surface area contributed by atoms with E-state index in [1.807, 2.05) is 59.5 Å². The van der Waals surface area contributed by atoms with Crippen molar-refractivity contribution >= 4 is 11.7 Å². The summed E-state index contributed by atoms with van der Waals surface area (Å²) in [6.45, 7) is 0.306. The van der Waals surface area contributed by atoms with E-state index < -0.39 is 5.92 Å². The van der Waals surface area contributed by atoms with Crippen molar-refractivity contribution in [1.82, 2.24) is 0 Å². The zero-order valence-electron chi connectivity index (χ0n) is 13.3. The maximum atomic E-state index is 12.3. The summed E-state index contributed by atoms with van der Waals surface area (Å²) in [6.07, 6.45) is 0. The fraction of sp³-hybridized carbons (Fsp3) is 0.200. The lowest BCUT2D eigenvalue weighted by Gasteiger charge is -2.39. The van der Waals surface area contributed by atoms with Crippen LogP contribution >= 0.6 is 0 Å². The fourth-order valence-electron chi connectivity index (χ4n) is 4.10. The molecule has 3 aliphatic heterocycles. The van der Waals surface area contributed by atoms with Crippen LogP contribution in [0.2, 0.25) is 0 Å². The fourth-order valence-corrected chi connectivity index (χ4v) is 4.10.